The molecule has 0 saturated heterocycles. The highest BCUT2D eigenvalue weighted by Crippen LogP contribution is 2.35. The average molecular weight is 357 g/mol. The van der Waals surface area contributed by atoms with Crippen molar-refractivity contribution in [3.05, 3.63) is 21.6 Å². The molecule has 24 heavy (non-hydrogen) atoms. The first-order valence-corrected chi connectivity index (χ1v) is 8.49. The maximum absolute atomic E-state index is 12.4. The number of nitro groups is 1. The first-order chi connectivity index (χ1) is 11.5. The zero-order valence-corrected chi connectivity index (χ0v) is 14.5. The number of anilines is 1. The summed E-state index contributed by atoms with van der Waals surface area (Å²) in [4.78, 5) is 32.8. The van der Waals surface area contributed by atoms with Crippen LogP contribution in [0.15, 0.2) is 6.20 Å². The molecule has 0 amide bonds. The Balaban J connectivity index is 2.52. The molecule has 1 fully saturated rings. The lowest BCUT2D eigenvalue weighted by Crippen LogP contribution is -2.48. The van der Waals surface area contributed by atoms with Crippen LogP contribution in [0.2, 0.25) is 5.28 Å². The van der Waals surface area contributed by atoms with Crippen LogP contribution in [0.3, 0.4) is 0 Å². The quantitative estimate of drug-likeness (QED) is 0.320. The van der Waals surface area contributed by atoms with E-state index in [1.54, 1.807) is 11.8 Å². The second-order valence-electron chi connectivity index (χ2n) is 5.63. The molecular formula is C15H21ClN4O4. The summed E-state index contributed by atoms with van der Waals surface area (Å²) in [5.41, 5.74) is -0.256. The van der Waals surface area contributed by atoms with Crippen LogP contribution in [0.4, 0.5) is 11.5 Å². The minimum Gasteiger partial charge on any atom is -0.464 e. The Morgan fingerprint density at radius 3 is 2.71 bits per heavy atom. The highest BCUT2D eigenvalue weighted by atomic mass is 35.5. The number of carbonyl (C=O) groups is 1. The molecule has 0 aromatic carbocycles. The molecule has 8 nitrogen and oxygen atoms in total. The van der Waals surface area contributed by atoms with Gasteiger partial charge in [0, 0.05) is 6.04 Å². The van der Waals surface area contributed by atoms with Crippen molar-refractivity contribution in [3.63, 3.8) is 0 Å². The minimum atomic E-state index is -0.641. The summed E-state index contributed by atoms with van der Waals surface area (Å²) in [5.74, 6) is -0.317. The Bertz CT molecular complexity index is 607. The van der Waals surface area contributed by atoms with Gasteiger partial charge in [0.25, 0.3) is 0 Å². The van der Waals surface area contributed by atoms with Crippen molar-refractivity contribution in [1.82, 2.24) is 9.97 Å². The number of ether oxygens (including phenoxy) is 1. The zero-order chi connectivity index (χ0) is 17.7. The molecule has 1 aliphatic carbocycles. The van der Waals surface area contributed by atoms with Crippen LogP contribution in [0.25, 0.3) is 0 Å². The van der Waals surface area contributed by atoms with Crippen LogP contribution in [0, 0.1) is 10.1 Å². The SMILES string of the molecule is CCOC(=O)[C@H](CC)N(c1nc(Cl)ncc1[N+](=O)[O-])C1CCCC1. The van der Waals surface area contributed by atoms with Crippen molar-refractivity contribution in [2.75, 3.05) is 11.5 Å². The van der Waals surface area contributed by atoms with Crippen molar-refractivity contribution in [1.29, 1.82) is 0 Å². The number of rotatable bonds is 7. The van der Waals surface area contributed by atoms with E-state index >= 15 is 0 Å². The maximum atomic E-state index is 12.4. The number of hydrogen-bond donors (Lipinski definition) is 0. The summed E-state index contributed by atoms with van der Waals surface area (Å²) >= 11 is 5.87. The first kappa shape index (κ1) is 18.4. The van der Waals surface area contributed by atoms with E-state index in [1.165, 1.54) is 0 Å². The normalized spacial score (nSPS) is 16.0. The van der Waals surface area contributed by atoms with Gasteiger partial charge in [-0.15, -0.1) is 0 Å². The van der Waals surface area contributed by atoms with E-state index in [2.05, 4.69) is 9.97 Å². The van der Waals surface area contributed by atoms with Gasteiger partial charge in [0.1, 0.15) is 12.2 Å². The van der Waals surface area contributed by atoms with E-state index in [0.29, 0.717) is 6.42 Å². The molecule has 0 unspecified atom stereocenters. The number of aromatic nitrogens is 2. The van der Waals surface area contributed by atoms with Gasteiger partial charge in [0.15, 0.2) is 0 Å². The lowest BCUT2D eigenvalue weighted by atomic mass is 10.1. The average Bonchev–Trinajstić information content (AvgIpc) is 3.06. The van der Waals surface area contributed by atoms with Crippen LogP contribution in [-0.2, 0) is 9.53 Å². The van der Waals surface area contributed by atoms with E-state index < -0.39 is 16.9 Å². The minimum absolute atomic E-state index is 0.0102. The third kappa shape index (κ3) is 3.92. The van der Waals surface area contributed by atoms with E-state index in [0.717, 1.165) is 31.9 Å². The fourth-order valence-electron chi connectivity index (χ4n) is 3.14. The number of carbonyl (C=O) groups excluding carboxylic acids is 1. The largest absolute Gasteiger partial charge is 0.464 e. The molecule has 1 aromatic heterocycles. The lowest BCUT2D eigenvalue weighted by molar-refractivity contribution is -0.384. The van der Waals surface area contributed by atoms with Gasteiger partial charge in [0.2, 0.25) is 11.1 Å². The number of esters is 1. The second-order valence-corrected chi connectivity index (χ2v) is 5.96. The molecular weight excluding hydrogens is 336 g/mol. The fourth-order valence-corrected chi connectivity index (χ4v) is 3.27. The van der Waals surface area contributed by atoms with Crippen molar-refractivity contribution < 1.29 is 14.5 Å². The van der Waals surface area contributed by atoms with Crippen molar-refractivity contribution in [2.24, 2.45) is 0 Å². The van der Waals surface area contributed by atoms with Crippen molar-refractivity contribution in [2.45, 2.75) is 58.0 Å². The molecule has 0 bridgehead atoms. The molecule has 0 aliphatic heterocycles. The zero-order valence-electron chi connectivity index (χ0n) is 13.8. The standard InChI is InChI=1S/C15H21ClN4O4/c1-3-11(14(21)24-4-2)19(10-7-5-6-8-10)13-12(20(22)23)9-17-15(16)18-13/h9-11H,3-8H2,1-2H3/t11-/m0/s1. The van der Waals surface area contributed by atoms with Gasteiger partial charge in [-0.1, -0.05) is 19.8 Å². The predicted octanol–water partition coefficient (Wildman–Crippen LogP) is 3.13. The molecule has 0 radical (unpaired) electrons. The van der Waals surface area contributed by atoms with Crippen molar-refractivity contribution in [3.8, 4) is 0 Å². The molecule has 1 saturated carbocycles. The third-order valence-corrected chi connectivity index (χ3v) is 4.34. The number of hydrogen-bond acceptors (Lipinski definition) is 7. The summed E-state index contributed by atoms with van der Waals surface area (Å²) in [6, 6.07) is -0.651. The van der Waals surface area contributed by atoms with Gasteiger partial charge in [-0.05, 0) is 37.8 Å². The predicted molar refractivity (Wildman–Crippen MR) is 89.1 cm³/mol. The van der Waals surface area contributed by atoms with E-state index in [-0.39, 0.29) is 29.4 Å². The fraction of sp³-hybridized carbons (Fsp3) is 0.667. The molecule has 1 heterocycles. The summed E-state index contributed by atoms with van der Waals surface area (Å²) in [6.45, 7) is 3.83. The van der Waals surface area contributed by atoms with Crippen LogP contribution < -0.4 is 4.90 Å². The Morgan fingerprint density at radius 1 is 1.50 bits per heavy atom. The monoisotopic (exact) mass is 356 g/mol. The lowest BCUT2D eigenvalue weighted by Gasteiger charge is -2.35. The molecule has 1 aromatic rings. The Kier molecular flexibility index (Phi) is 6.30. The van der Waals surface area contributed by atoms with Gasteiger partial charge in [-0.2, -0.15) is 4.98 Å². The topological polar surface area (TPSA) is 98.5 Å². The van der Waals surface area contributed by atoms with Crippen molar-refractivity contribution >= 4 is 29.1 Å². The Morgan fingerprint density at radius 2 is 2.17 bits per heavy atom. The molecule has 1 aliphatic rings. The van der Waals surface area contributed by atoms with Gasteiger partial charge in [-0.25, -0.2) is 9.78 Å². The summed E-state index contributed by atoms with van der Waals surface area (Å²) in [7, 11) is 0. The molecule has 1 atom stereocenters. The van der Waals surface area contributed by atoms with Crippen LogP contribution >= 0.6 is 11.6 Å². The number of halogens is 1. The van der Waals surface area contributed by atoms with Gasteiger partial charge in [0.05, 0.1) is 11.5 Å². The molecule has 2 rings (SSSR count). The van der Waals surface area contributed by atoms with Gasteiger partial charge < -0.3 is 9.64 Å². The van der Waals surface area contributed by atoms with Gasteiger partial charge >= 0.3 is 11.7 Å². The van der Waals surface area contributed by atoms with E-state index in [9.17, 15) is 14.9 Å². The van der Waals surface area contributed by atoms with Crippen LogP contribution in [0.1, 0.15) is 46.0 Å². The van der Waals surface area contributed by atoms with Gasteiger partial charge in [-0.3, -0.25) is 10.1 Å². The summed E-state index contributed by atoms with van der Waals surface area (Å²) in [6.07, 6.45) is 5.24. The highest BCUT2D eigenvalue weighted by molar-refractivity contribution is 6.28. The summed E-state index contributed by atoms with van der Waals surface area (Å²) in [5, 5.41) is 11.3. The molecule has 0 N–H and O–H groups in total. The van der Waals surface area contributed by atoms with Crippen LogP contribution in [0.5, 0.6) is 0 Å². The highest BCUT2D eigenvalue weighted by Gasteiger charge is 2.38. The summed E-state index contributed by atoms with van der Waals surface area (Å²) < 4.78 is 5.16. The first-order valence-electron chi connectivity index (χ1n) is 8.11. The van der Waals surface area contributed by atoms with E-state index in [1.807, 2.05) is 6.92 Å². The van der Waals surface area contributed by atoms with E-state index in [4.69, 9.17) is 16.3 Å². The molecule has 0 spiro atoms. The Hall–Kier alpha value is -1.96. The smallest absolute Gasteiger partial charge is 0.329 e. The molecule has 132 valence electrons. The maximum Gasteiger partial charge on any atom is 0.329 e. The Labute approximate surface area is 145 Å². The molecule has 9 heteroatoms. The van der Waals surface area contributed by atoms with Crippen LogP contribution in [-0.4, -0.2) is 39.6 Å². The second kappa shape index (κ2) is 8.23. The third-order valence-electron chi connectivity index (χ3n) is 4.16. The number of nitrogens with zero attached hydrogens (tertiary/aromatic N) is 4.